The summed E-state index contributed by atoms with van der Waals surface area (Å²) in [5.74, 6) is -0.0318. The van der Waals surface area contributed by atoms with Gasteiger partial charge in [-0.3, -0.25) is 0 Å². The van der Waals surface area contributed by atoms with Gasteiger partial charge in [-0.25, -0.2) is 17.8 Å². The summed E-state index contributed by atoms with van der Waals surface area (Å²) in [5.41, 5.74) is 4.25. The summed E-state index contributed by atoms with van der Waals surface area (Å²) < 4.78 is 46.2. The molecule has 2 aromatic heterocycles. The standard InChI is InChI=1S/C23H23FN4O3S/c1-5-28-13-25-22-19(12-26-27-23(22)28)16-7-9-20(24)18(10-16)17-8-6-15(11-21(17)31-3)14(2)32(4,29)30/h6-14H,5H2,1-4H3/t14-/m0/s1. The molecule has 0 aliphatic heterocycles. The van der Waals surface area contributed by atoms with Gasteiger partial charge >= 0.3 is 0 Å². The molecule has 0 saturated carbocycles. The van der Waals surface area contributed by atoms with Crippen molar-refractivity contribution < 1.29 is 17.5 Å². The third-order valence-electron chi connectivity index (χ3n) is 5.65. The number of sulfone groups is 1. The zero-order valence-electron chi connectivity index (χ0n) is 18.2. The monoisotopic (exact) mass is 454 g/mol. The highest BCUT2D eigenvalue weighted by Gasteiger charge is 2.21. The van der Waals surface area contributed by atoms with Crippen LogP contribution in [0.2, 0.25) is 0 Å². The normalized spacial score (nSPS) is 12.8. The lowest BCUT2D eigenvalue weighted by molar-refractivity contribution is 0.415. The summed E-state index contributed by atoms with van der Waals surface area (Å²) in [7, 11) is -1.81. The average molecular weight is 455 g/mol. The molecule has 0 saturated heterocycles. The van der Waals surface area contributed by atoms with Gasteiger partial charge in [-0.05, 0) is 43.2 Å². The molecule has 0 aliphatic carbocycles. The maximum atomic E-state index is 14.9. The van der Waals surface area contributed by atoms with Crippen LogP contribution in [-0.4, -0.2) is 41.5 Å². The fourth-order valence-electron chi connectivity index (χ4n) is 3.65. The lowest BCUT2D eigenvalue weighted by atomic mass is 9.97. The molecule has 4 aromatic rings. The molecule has 0 spiro atoms. The third-order valence-corrected chi connectivity index (χ3v) is 7.21. The number of benzene rings is 2. The molecule has 0 N–H and O–H groups in total. The van der Waals surface area contributed by atoms with E-state index in [0.717, 1.165) is 11.1 Å². The van der Waals surface area contributed by atoms with E-state index in [-0.39, 0.29) is 0 Å². The molecular formula is C23H23FN4O3S. The maximum absolute atomic E-state index is 14.9. The lowest BCUT2D eigenvalue weighted by Gasteiger charge is -2.15. The van der Waals surface area contributed by atoms with Crippen molar-refractivity contribution in [2.24, 2.45) is 0 Å². The number of halogens is 1. The smallest absolute Gasteiger partial charge is 0.183 e. The van der Waals surface area contributed by atoms with Crippen LogP contribution in [0.25, 0.3) is 33.4 Å². The van der Waals surface area contributed by atoms with E-state index in [1.807, 2.05) is 11.5 Å². The molecule has 166 valence electrons. The Bertz CT molecular complexity index is 1420. The highest BCUT2D eigenvalue weighted by Crippen LogP contribution is 2.38. The number of hydrogen-bond donors (Lipinski definition) is 0. The van der Waals surface area contributed by atoms with Crippen molar-refractivity contribution in [2.75, 3.05) is 13.4 Å². The second kappa shape index (κ2) is 8.31. The van der Waals surface area contributed by atoms with Crippen molar-refractivity contribution in [3.05, 3.63) is 60.3 Å². The number of hydrogen-bond acceptors (Lipinski definition) is 6. The van der Waals surface area contributed by atoms with E-state index < -0.39 is 20.9 Å². The quantitative estimate of drug-likeness (QED) is 0.428. The molecule has 0 bridgehead atoms. The third kappa shape index (κ3) is 3.84. The van der Waals surface area contributed by atoms with E-state index in [0.29, 0.717) is 40.1 Å². The number of ether oxygens (including phenoxy) is 1. The van der Waals surface area contributed by atoms with Crippen molar-refractivity contribution in [2.45, 2.75) is 25.6 Å². The number of aromatic nitrogens is 4. The summed E-state index contributed by atoms with van der Waals surface area (Å²) in [5, 5.41) is 7.57. The summed E-state index contributed by atoms with van der Waals surface area (Å²) in [6.07, 6.45) is 4.50. The first kappa shape index (κ1) is 21.9. The van der Waals surface area contributed by atoms with Crippen LogP contribution in [-0.2, 0) is 16.4 Å². The van der Waals surface area contributed by atoms with Gasteiger partial charge in [0.25, 0.3) is 0 Å². The Balaban J connectivity index is 1.85. The van der Waals surface area contributed by atoms with E-state index in [4.69, 9.17) is 4.74 Å². The minimum atomic E-state index is -3.28. The van der Waals surface area contributed by atoms with Gasteiger partial charge in [0.05, 0.1) is 24.9 Å². The Morgan fingerprint density at radius 3 is 2.59 bits per heavy atom. The Morgan fingerprint density at radius 1 is 1.12 bits per heavy atom. The summed E-state index contributed by atoms with van der Waals surface area (Å²) in [4.78, 5) is 4.46. The highest BCUT2D eigenvalue weighted by atomic mass is 32.2. The lowest BCUT2D eigenvalue weighted by Crippen LogP contribution is -2.08. The largest absolute Gasteiger partial charge is 0.496 e. The minimum Gasteiger partial charge on any atom is -0.496 e. The molecular weight excluding hydrogens is 431 g/mol. The van der Waals surface area contributed by atoms with Gasteiger partial charge in [-0.2, -0.15) is 5.10 Å². The fourth-order valence-corrected chi connectivity index (χ4v) is 4.29. The van der Waals surface area contributed by atoms with E-state index in [1.165, 1.54) is 19.4 Å². The van der Waals surface area contributed by atoms with E-state index >= 15 is 0 Å². The molecule has 2 aromatic carbocycles. The van der Waals surface area contributed by atoms with Crippen molar-refractivity contribution in [1.29, 1.82) is 0 Å². The van der Waals surface area contributed by atoms with E-state index in [9.17, 15) is 12.8 Å². The van der Waals surface area contributed by atoms with Gasteiger partial charge in [0.15, 0.2) is 15.5 Å². The van der Waals surface area contributed by atoms with Gasteiger partial charge in [0.2, 0.25) is 0 Å². The van der Waals surface area contributed by atoms with Crippen LogP contribution in [0.4, 0.5) is 4.39 Å². The first-order chi connectivity index (χ1) is 15.2. The van der Waals surface area contributed by atoms with Crippen molar-refractivity contribution >= 4 is 21.0 Å². The molecule has 9 heteroatoms. The Hall–Kier alpha value is -3.33. The first-order valence-electron chi connectivity index (χ1n) is 10.1. The number of rotatable bonds is 6. The molecule has 0 amide bonds. The van der Waals surface area contributed by atoms with Crippen LogP contribution >= 0.6 is 0 Å². The van der Waals surface area contributed by atoms with Crippen LogP contribution in [0.5, 0.6) is 5.75 Å². The number of aryl methyl sites for hydroxylation is 1. The zero-order chi connectivity index (χ0) is 23.0. The van der Waals surface area contributed by atoms with E-state index in [2.05, 4.69) is 15.2 Å². The fraction of sp³-hybridized carbons (Fsp3) is 0.261. The van der Waals surface area contributed by atoms with Crippen molar-refractivity contribution in [3.63, 3.8) is 0 Å². The number of fused-ring (bicyclic) bond motifs is 1. The Kier molecular flexibility index (Phi) is 5.68. The van der Waals surface area contributed by atoms with Gasteiger partial charge in [0, 0.05) is 29.5 Å². The molecule has 2 heterocycles. The Labute approximate surface area is 185 Å². The molecule has 0 aliphatic rings. The van der Waals surface area contributed by atoms with Crippen molar-refractivity contribution in [1.82, 2.24) is 19.7 Å². The predicted molar refractivity (Wildman–Crippen MR) is 122 cm³/mol. The van der Waals surface area contributed by atoms with Crippen LogP contribution in [0.1, 0.15) is 24.7 Å². The SMILES string of the molecule is CCn1cnc2c(-c3ccc(F)c(-c4ccc([C@H](C)S(C)(=O)=O)cc4OC)c3)cnnc21. The van der Waals surface area contributed by atoms with Gasteiger partial charge < -0.3 is 9.30 Å². The minimum absolute atomic E-state index is 0.331. The zero-order valence-corrected chi connectivity index (χ0v) is 19.0. The first-order valence-corrected chi connectivity index (χ1v) is 12.0. The van der Waals surface area contributed by atoms with Crippen LogP contribution in [0.3, 0.4) is 0 Å². The highest BCUT2D eigenvalue weighted by molar-refractivity contribution is 7.90. The topological polar surface area (TPSA) is 87.0 Å². The van der Waals surface area contributed by atoms with Gasteiger partial charge in [-0.1, -0.05) is 18.2 Å². The number of imidazole rings is 1. The second-order valence-electron chi connectivity index (χ2n) is 7.59. The van der Waals surface area contributed by atoms with Crippen molar-refractivity contribution in [3.8, 4) is 28.0 Å². The molecule has 7 nitrogen and oxygen atoms in total. The molecule has 0 unspecified atom stereocenters. The maximum Gasteiger partial charge on any atom is 0.183 e. The molecule has 4 rings (SSSR count). The van der Waals surface area contributed by atoms with Crippen LogP contribution in [0.15, 0.2) is 48.9 Å². The van der Waals surface area contributed by atoms with Crippen LogP contribution < -0.4 is 4.74 Å². The average Bonchev–Trinajstić information content (AvgIpc) is 3.21. The second-order valence-corrected chi connectivity index (χ2v) is 9.95. The molecule has 0 radical (unpaired) electrons. The number of methoxy groups -OCH3 is 1. The Morgan fingerprint density at radius 2 is 1.91 bits per heavy atom. The molecule has 1 atom stereocenters. The molecule has 0 fully saturated rings. The summed E-state index contributed by atoms with van der Waals surface area (Å²) in [6.45, 7) is 4.31. The van der Waals surface area contributed by atoms with Gasteiger partial charge in [0.1, 0.15) is 17.1 Å². The van der Waals surface area contributed by atoms with Gasteiger partial charge in [-0.15, -0.1) is 5.10 Å². The van der Waals surface area contributed by atoms with E-state index in [1.54, 1.807) is 49.8 Å². The summed E-state index contributed by atoms with van der Waals surface area (Å²) in [6, 6.07) is 9.79. The number of nitrogens with zero attached hydrogens (tertiary/aromatic N) is 4. The summed E-state index contributed by atoms with van der Waals surface area (Å²) >= 11 is 0. The molecule has 32 heavy (non-hydrogen) atoms. The predicted octanol–water partition coefficient (Wildman–Crippen LogP) is 4.43. The van der Waals surface area contributed by atoms with Crippen LogP contribution in [0, 0.1) is 5.82 Å².